The molecule has 2 N–H and O–H groups in total. The molecule has 0 saturated carbocycles. The zero-order valence-electron chi connectivity index (χ0n) is 19.5. The lowest BCUT2D eigenvalue weighted by Gasteiger charge is -2.20. The number of fused-ring (bicyclic) bond motifs is 1. The minimum Gasteiger partial charge on any atom is -0.403 e. The fourth-order valence-electron chi connectivity index (χ4n) is 3.11. The van der Waals surface area contributed by atoms with Gasteiger partial charge in [-0.25, -0.2) is 9.97 Å². The van der Waals surface area contributed by atoms with Gasteiger partial charge in [-0.3, -0.25) is 0 Å². The van der Waals surface area contributed by atoms with Crippen LogP contribution >= 0.6 is 0 Å². The van der Waals surface area contributed by atoms with Crippen LogP contribution in [0.15, 0.2) is 66.2 Å². The monoisotopic (exact) mass is 449 g/mol. The molecule has 0 bridgehead atoms. The van der Waals surface area contributed by atoms with E-state index in [0.29, 0.717) is 19.5 Å². The van der Waals surface area contributed by atoms with Crippen molar-refractivity contribution >= 4 is 11.2 Å². The Morgan fingerprint density at radius 1 is 1.25 bits per heavy atom. The minimum atomic E-state index is -4.35. The fraction of sp³-hybridized carbons (Fsp3) is 0.417. The molecule has 8 heteroatoms. The second-order valence-electron chi connectivity index (χ2n) is 6.80. The first-order valence-corrected chi connectivity index (χ1v) is 10.8. The maximum atomic E-state index is 13.0. The first-order valence-electron chi connectivity index (χ1n) is 10.8. The lowest BCUT2D eigenvalue weighted by Crippen LogP contribution is -2.22. The Hall–Kier alpha value is -3.03. The predicted octanol–water partition coefficient (Wildman–Crippen LogP) is 6.11. The third-order valence-electron chi connectivity index (χ3n) is 4.40. The molecule has 2 rings (SSSR count). The summed E-state index contributed by atoms with van der Waals surface area (Å²) in [6, 6.07) is 3.76. The molecule has 0 aliphatic rings. The minimum absolute atomic E-state index is 0.324. The van der Waals surface area contributed by atoms with Gasteiger partial charge in [-0.15, -0.1) is 0 Å². The summed E-state index contributed by atoms with van der Waals surface area (Å²) in [5, 5.41) is 0. The Balaban J connectivity index is 0.00000249. The van der Waals surface area contributed by atoms with Crippen LogP contribution in [0.3, 0.4) is 0 Å². The highest BCUT2D eigenvalue weighted by Crippen LogP contribution is 2.27. The molecule has 2 aromatic heterocycles. The second kappa shape index (κ2) is 13.4. The van der Waals surface area contributed by atoms with Crippen molar-refractivity contribution in [2.45, 2.75) is 60.3 Å². The maximum Gasteiger partial charge on any atom is 0.416 e. The highest BCUT2D eigenvalue weighted by Gasteiger charge is 2.30. The van der Waals surface area contributed by atoms with Crippen LogP contribution in [0, 0.1) is 0 Å². The summed E-state index contributed by atoms with van der Waals surface area (Å²) in [5.74, 6) is 0.845. The predicted molar refractivity (Wildman–Crippen MR) is 126 cm³/mol. The lowest BCUT2D eigenvalue weighted by atomic mass is 10.1. The average Bonchev–Trinajstić information content (AvgIpc) is 3.11. The molecule has 5 nitrogen and oxygen atoms in total. The van der Waals surface area contributed by atoms with E-state index in [9.17, 15) is 13.2 Å². The molecule has 0 saturated heterocycles. The second-order valence-corrected chi connectivity index (χ2v) is 6.80. The zero-order valence-corrected chi connectivity index (χ0v) is 19.5. The maximum absolute atomic E-state index is 13.0. The van der Waals surface area contributed by atoms with Gasteiger partial charge in [0.1, 0.15) is 11.3 Å². The van der Waals surface area contributed by atoms with Crippen molar-refractivity contribution in [1.29, 1.82) is 0 Å². The number of halogens is 3. The van der Waals surface area contributed by atoms with Crippen LogP contribution in [0.25, 0.3) is 11.2 Å². The van der Waals surface area contributed by atoms with Crippen LogP contribution in [0.4, 0.5) is 13.2 Å². The summed E-state index contributed by atoms with van der Waals surface area (Å²) in [7, 11) is 0. The third kappa shape index (κ3) is 7.90. The van der Waals surface area contributed by atoms with E-state index in [-0.39, 0.29) is 0 Å². The molecule has 0 unspecified atom stereocenters. The molecule has 0 aromatic carbocycles. The molecule has 2 heterocycles. The molecule has 2 aromatic rings. The van der Waals surface area contributed by atoms with Gasteiger partial charge in [0.05, 0.1) is 12.1 Å². The van der Waals surface area contributed by atoms with Crippen LogP contribution < -0.4 is 5.73 Å². The molecule has 0 aliphatic carbocycles. The first kappa shape index (κ1) is 27.0. The number of hydrogen-bond donors (Lipinski definition) is 1. The summed E-state index contributed by atoms with van der Waals surface area (Å²) in [5.41, 5.74) is 7.49. The van der Waals surface area contributed by atoms with Gasteiger partial charge >= 0.3 is 6.18 Å². The van der Waals surface area contributed by atoms with Crippen LogP contribution in [-0.2, 0) is 13.1 Å². The molecule has 0 fully saturated rings. The number of rotatable bonds is 9. The quantitative estimate of drug-likeness (QED) is 0.469. The van der Waals surface area contributed by atoms with Crippen molar-refractivity contribution in [2.24, 2.45) is 5.73 Å². The van der Waals surface area contributed by atoms with Gasteiger partial charge in [0.2, 0.25) is 0 Å². The van der Waals surface area contributed by atoms with Crippen LogP contribution in [-0.4, -0.2) is 32.2 Å². The van der Waals surface area contributed by atoms with Crippen LogP contribution in [0.2, 0.25) is 0 Å². The highest BCUT2D eigenvalue weighted by molar-refractivity contribution is 5.71. The van der Waals surface area contributed by atoms with Gasteiger partial charge in [0, 0.05) is 31.7 Å². The van der Waals surface area contributed by atoms with Crippen molar-refractivity contribution < 1.29 is 13.2 Å². The van der Waals surface area contributed by atoms with Gasteiger partial charge in [-0.2, -0.15) is 13.2 Å². The Bertz CT molecular complexity index is 952. The van der Waals surface area contributed by atoms with E-state index < -0.39 is 11.7 Å². The van der Waals surface area contributed by atoms with Gasteiger partial charge in [0.25, 0.3) is 0 Å². The van der Waals surface area contributed by atoms with E-state index in [1.807, 2.05) is 49.3 Å². The van der Waals surface area contributed by atoms with Crippen molar-refractivity contribution in [2.75, 3.05) is 6.54 Å². The van der Waals surface area contributed by atoms with Crippen LogP contribution in [0.1, 0.15) is 46.9 Å². The Kier molecular flexibility index (Phi) is 11.3. The molecule has 32 heavy (non-hydrogen) atoms. The van der Waals surface area contributed by atoms with Crippen molar-refractivity contribution in [1.82, 2.24) is 19.4 Å². The summed E-state index contributed by atoms with van der Waals surface area (Å²) in [6.45, 7) is 11.3. The number of aromatic nitrogens is 3. The number of nitrogens with two attached hydrogens (primary N) is 1. The molecule has 0 atom stereocenters. The lowest BCUT2D eigenvalue weighted by molar-refractivity contribution is -0.0884. The smallest absolute Gasteiger partial charge is 0.403 e. The number of hydrogen-bond acceptors (Lipinski definition) is 4. The van der Waals surface area contributed by atoms with Crippen molar-refractivity contribution in [3.8, 4) is 0 Å². The number of imidazole rings is 1. The Labute approximate surface area is 188 Å². The average molecular weight is 450 g/mol. The molecule has 0 spiro atoms. The van der Waals surface area contributed by atoms with Crippen LogP contribution in [0.5, 0.6) is 0 Å². The first-order chi connectivity index (χ1) is 15.3. The topological polar surface area (TPSA) is 60.0 Å². The van der Waals surface area contributed by atoms with Gasteiger partial charge < -0.3 is 15.2 Å². The number of alkyl halides is 3. The Morgan fingerprint density at radius 3 is 2.56 bits per heavy atom. The SMILES string of the molecule is CC.CC/C=C(/C=C\C=C(/C)CN(/C=C\N)Cc1nc2cccnc2n1CC)C(F)(F)F. The van der Waals surface area contributed by atoms with Gasteiger partial charge in [0.15, 0.2) is 5.65 Å². The van der Waals surface area contributed by atoms with E-state index in [2.05, 4.69) is 9.97 Å². The largest absolute Gasteiger partial charge is 0.416 e. The molecular weight excluding hydrogens is 415 g/mol. The number of nitrogens with zero attached hydrogens (tertiary/aromatic N) is 4. The number of allylic oxidation sites excluding steroid dienone is 5. The molecular formula is C24H34F3N5. The summed E-state index contributed by atoms with van der Waals surface area (Å²) in [4.78, 5) is 11.0. The van der Waals surface area contributed by atoms with E-state index in [1.54, 1.807) is 25.4 Å². The molecule has 176 valence electrons. The summed E-state index contributed by atoms with van der Waals surface area (Å²) < 4.78 is 40.9. The van der Waals surface area contributed by atoms with E-state index in [0.717, 1.165) is 35.2 Å². The fourth-order valence-corrected chi connectivity index (χ4v) is 3.11. The van der Waals surface area contributed by atoms with E-state index in [1.165, 1.54) is 18.4 Å². The standard InChI is InChI=1S/C22H28F3N5.C2H6/c1-4-8-18(22(23,24)25)10-6-9-17(3)15-29(14-12-26)16-20-28-19-11-7-13-27-21(19)30(20)5-2;1-2/h6-14H,4-5,15-16,26H2,1-3H3;1-2H3/b10-6-,14-12-,17-9+,18-8-;. The summed E-state index contributed by atoms with van der Waals surface area (Å²) in [6.07, 6.45) is 6.26. The zero-order chi connectivity index (χ0) is 24.1. The van der Waals surface area contributed by atoms with Gasteiger partial charge in [-0.1, -0.05) is 50.6 Å². The Morgan fingerprint density at radius 2 is 1.97 bits per heavy atom. The number of aryl methyl sites for hydroxylation is 1. The van der Waals surface area contributed by atoms with E-state index in [4.69, 9.17) is 5.73 Å². The normalized spacial score (nSPS) is 13.1. The van der Waals surface area contributed by atoms with Crippen molar-refractivity contribution in [3.63, 3.8) is 0 Å². The van der Waals surface area contributed by atoms with Crippen molar-refractivity contribution in [3.05, 3.63) is 72.0 Å². The van der Waals surface area contributed by atoms with E-state index >= 15 is 0 Å². The third-order valence-corrected chi connectivity index (χ3v) is 4.40. The van der Waals surface area contributed by atoms with Gasteiger partial charge in [-0.05, 0) is 32.4 Å². The number of pyridine rings is 1. The summed E-state index contributed by atoms with van der Waals surface area (Å²) >= 11 is 0. The highest BCUT2D eigenvalue weighted by atomic mass is 19.4. The molecule has 0 radical (unpaired) electrons. The molecule has 0 aliphatic heterocycles. The molecule has 0 amide bonds.